The van der Waals surface area contributed by atoms with Crippen molar-refractivity contribution in [2.75, 3.05) is 13.7 Å². The van der Waals surface area contributed by atoms with E-state index in [-0.39, 0.29) is 23.9 Å². The van der Waals surface area contributed by atoms with E-state index in [9.17, 15) is 9.18 Å². The molecule has 0 aliphatic heterocycles. The van der Waals surface area contributed by atoms with Crippen LogP contribution in [0.25, 0.3) is 0 Å². The van der Waals surface area contributed by atoms with E-state index in [4.69, 9.17) is 4.74 Å². The Balaban J connectivity index is 2.41. The molecular formula is C14H21FN2O2. The van der Waals surface area contributed by atoms with Crippen LogP contribution in [0.15, 0.2) is 24.3 Å². The Labute approximate surface area is 113 Å². The van der Waals surface area contributed by atoms with Gasteiger partial charge in [-0.15, -0.1) is 0 Å². The van der Waals surface area contributed by atoms with Crippen molar-refractivity contribution in [3.8, 4) is 0 Å². The lowest BCUT2D eigenvalue weighted by atomic mass is 10.1. The molecule has 4 nitrogen and oxygen atoms in total. The Bertz CT molecular complexity index is 412. The smallest absolute Gasteiger partial charge is 0.315 e. The topological polar surface area (TPSA) is 50.4 Å². The van der Waals surface area contributed by atoms with E-state index in [1.807, 2.05) is 13.8 Å². The van der Waals surface area contributed by atoms with Crippen molar-refractivity contribution in [3.05, 3.63) is 35.6 Å². The lowest BCUT2D eigenvalue weighted by Crippen LogP contribution is -2.46. The predicted molar refractivity (Wildman–Crippen MR) is 72.6 cm³/mol. The van der Waals surface area contributed by atoms with Crippen LogP contribution in [0.5, 0.6) is 0 Å². The number of urea groups is 1. The first kappa shape index (κ1) is 15.4. The van der Waals surface area contributed by atoms with Gasteiger partial charge >= 0.3 is 6.03 Å². The summed E-state index contributed by atoms with van der Waals surface area (Å²) in [5.41, 5.74) is 0.597. The minimum absolute atomic E-state index is 0.0642. The zero-order valence-electron chi connectivity index (χ0n) is 11.6. The zero-order valence-corrected chi connectivity index (χ0v) is 11.6. The standard InChI is InChI=1S/C14H21FN2O2/c1-10(8-12-6-4-5-7-13(12)15)16-14(18)17-11(2)9-19-3/h4-7,10-11H,8-9H2,1-3H3,(H2,16,17,18). The number of hydrogen-bond acceptors (Lipinski definition) is 2. The van der Waals surface area contributed by atoms with Crippen LogP contribution in [0, 0.1) is 5.82 Å². The highest BCUT2D eigenvalue weighted by atomic mass is 19.1. The highest BCUT2D eigenvalue weighted by Gasteiger charge is 2.12. The third kappa shape index (κ3) is 5.70. The highest BCUT2D eigenvalue weighted by Crippen LogP contribution is 2.08. The van der Waals surface area contributed by atoms with E-state index in [0.29, 0.717) is 18.6 Å². The van der Waals surface area contributed by atoms with Gasteiger partial charge in [0.1, 0.15) is 5.82 Å². The van der Waals surface area contributed by atoms with E-state index in [2.05, 4.69) is 10.6 Å². The average molecular weight is 268 g/mol. The number of nitrogens with one attached hydrogen (secondary N) is 2. The second-order valence-corrected chi connectivity index (χ2v) is 4.67. The average Bonchev–Trinajstić information content (AvgIpc) is 2.31. The molecule has 0 spiro atoms. The number of carbonyl (C=O) groups is 1. The molecular weight excluding hydrogens is 247 g/mol. The monoisotopic (exact) mass is 268 g/mol. The van der Waals surface area contributed by atoms with Crippen molar-refractivity contribution in [3.63, 3.8) is 0 Å². The molecule has 106 valence electrons. The van der Waals surface area contributed by atoms with Crippen molar-refractivity contribution in [2.24, 2.45) is 0 Å². The quantitative estimate of drug-likeness (QED) is 0.830. The Morgan fingerprint density at radius 3 is 2.53 bits per heavy atom. The van der Waals surface area contributed by atoms with Crippen LogP contribution >= 0.6 is 0 Å². The van der Waals surface area contributed by atoms with E-state index in [0.717, 1.165) is 0 Å². The molecule has 2 atom stereocenters. The summed E-state index contributed by atoms with van der Waals surface area (Å²) >= 11 is 0. The molecule has 0 radical (unpaired) electrons. The molecule has 0 aromatic heterocycles. The summed E-state index contributed by atoms with van der Waals surface area (Å²) in [4.78, 5) is 11.6. The minimum Gasteiger partial charge on any atom is -0.383 e. The van der Waals surface area contributed by atoms with Crippen molar-refractivity contribution >= 4 is 6.03 Å². The van der Waals surface area contributed by atoms with Crippen molar-refractivity contribution < 1.29 is 13.9 Å². The zero-order chi connectivity index (χ0) is 14.3. The van der Waals surface area contributed by atoms with Gasteiger partial charge in [0.2, 0.25) is 0 Å². The summed E-state index contributed by atoms with van der Waals surface area (Å²) in [6, 6.07) is 6.09. The summed E-state index contributed by atoms with van der Waals surface area (Å²) in [5, 5.41) is 5.52. The van der Waals surface area contributed by atoms with Crippen LogP contribution in [-0.4, -0.2) is 31.8 Å². The van der Waals surface area contributed by atoms with Gasteiger partial charge in [-0.3, -0.25) is 0 Å². The van der Waals surface area contributed by atoms with E-state index in [1.165, 1.54) is 6.07 Å². The number of ether oxygens (including phenoxy) is 1. The van der Waals surface area contributed by atoms with Gasteiger partial charge in [-0.05, 0) is 31.9 Å². The maximum Gasteiger partial charge on any atom is 0.315 e. The fourth-order valence-corrected chi connectivity index (χ4v) is 1.83. The fraction of sp³-hybridized carbons (Fsp3) is 0.500. The normalized spacial score (nSPS) is 13.7. The number of benzene rings is 1. The predicted octanol–water partition coefficient (Wildman–Crippen LogP) is 2.09. The van der Waals surface area contributed by atoms with Gasteiger partial charge < -0.3 is 15.4 Å². The van der Waals surface area contributed by atoms with Crippen LogP contribution in [0.2, 0.25) is 0 Å². The van der Waals surface area contributed by atoms with E-state index in [1.54, 1.807) is 25.3 Å². The van der Waals surface area contributed by atoms with Crippen LogP contribution in [0.3, 0.4) is 0 Å². The van der Waals surface area contributed by atoms with Crippen LogP contribution in [0.1, 0.15) is 19.4 Å². The highest BCUT2D eigenvalue weighted by molar-refractivity contribution is 5.74. The molecule has 0 saturated carbocycles. The van der Waals surface area contributed by atoms with Gasteiger partial charge in [-0.2, -0.15) is 0 Å². The largest absolute Gasteiger partial charge is 0.383 e. The molecule has 2 N–H and O–H groups in total. The first-order valence-electron chi connectivity index (χ1n) is 6.32. The minimum atomic E-state index is -0.270. The number of amides is 2. The van der Waals surface area contributed by atoms with E-state index < -0.39 is 0 Å². The van der Waals surface area contributed by atoms with Crippen molar-refractivity contribution in [1.82, 2.24) is 10.6 Å². The van der Waals surface area contributed by atoms with Crippen LogP contribution < -0.4 is 10.6 Å². The lowest BCUT2D eigenvalue weighted by Gasteiger charge is -2.18. The van der Waals surface area contributed by atoms with Gasteiger partial charge in [0.25, 0.3) is 0 Å². The summed E-state index contributed by atoms with van der Waals surface area (Å²) in [5.74, 6) is -0.246. The summed E-state index contributed by atoms with van der Waals surface area (Å²) in [7, 11) is 1.58. The molecule has 2 unspecified atom stereocenters. The van der Waals surface area contributed by atoms with Gasteiger partial charge in [-0.1, -0.05) is 18.2 Å². The molecule has 19 heavy (non-hydrogen) atoms. The molecule has 0 aliphatic carbocycles. The molecule has 1 aromatic carbocycles. The van der Waals surface area contributed by atoms with Gasteiger partial charge in [0.15, 0.2) is 0 Å². The molecule has 0 fully saturated rings. The molecule has 0 saturated heterocycles. The molecule has 1 rings (SSSR count). The maximum atomic E-state index is 13.5. The SMILES string of the molecule is COCC(C)NC(=O)NC(C)Cc1ccccc1F. The molecule has 0 aliphatic rings. The maximum absolute atomic E-state index is 13.5. The number of methoxy groups -OCH3 is 1. The second kappa shape index (κ2) is 7.74. The van der Waals surface area contributed by atoms with Gasteiger partial charge in [-0.25, -0.2) is 9.18 Å². The molecule has 1 aromatic rings. The first-order chi connectivity index (χ1) is 9.02. The molecule has 0 heterocycles. The fourth-order valence-electron chi connectivity index (χ4n) is 1.83. The first-order valence-corrected chi connectivity index (χ1v) is 6.32. The Hall–Kier alpha value is -1.62. The lowest BCUT2D eigenvalue weighted by molar-refractivity contribution is 0.170. The molecule has 5 heteroatoms. The third-order valence-corrected chi connectivity index (χ3v) is 2.66. The van der Waals surface area contributed by atoms with Crippen LogP contribution in [0.4, 0.5) is 9.18 Å². The molecule has 2 amide bonds. The number of halogens is 1. The van der Waals surface area contributed by atoms with Crippen molar-refractivity contribution in [2.45, 2.75) is 32.4 Å². The summed E-state index contributed by atoms with van der Waals surface area (Å²) in [6.45, 7) is 4.15. The Kier molecular flexibility index (Phi) is 6.29. The van der Waals surface area contributed by atoms with Crippen LogP contribution in [-0.2, 0) is 11.2 Å². The van der Waals surface area contributed by atoms with E-state index >= 15 is 0 Å². The second-order valence-electron chi connectivity index (χ2n) is 4.67. The number of carbonyl (C=O) groups excluding carboxylic acids is 1. The Morgan fingerprint density at radius 1 is 1.26 bits per heavy atom. The van der Waals surface area contributed by atoms with Gasteiger partial charge in [0, 0.05) is 13.2 Å². The number of hydrogen-bond donors (Lipinski definition) is 2. The Morgan fingerprint density at radius 2 is 1.89 bits per heavy atom. The summed E-state index contributed by atoms with van der Waals surface area (Å²) in [6.07, 6.45) is 0.457. The third-order valence-electron chi connectivity index (χ3n) is 2.66. The van der Waals surface area contributed by atoms with Gasteiger partial charge in [0.05, 0.1) is 12.6 Å². The molecule has 0 bridgehead atoms. The van der Waals surface area contributed by atoms with Crippen molar-refractivity contribution in [1.29, 1.82) is 0 Å². The summed E-state index contributed by atoms with van der Waals surface area (Å²) < 4.78 is 18.4. The number of rotatable bonds is 6.